The van der Waals surface area contributed by atoms with Crippen molar-refractivity contribution in [3.8, 4) is 11.5 Å². The lowest BCUT2D eigenvalue weighted by molar-refractivity contribution is -0.142. The maximum Gasteiger partial charge on any atom is 0.326 e. The highest BCUT2D eigenvalue weighted by molar-refractivity contribution is 5.95. The minimum absolute atomic E-state index is 0.00124. The van der Waals surface area contributed by atoms with E-state index >= 15 is 0 Å². The van der Waals surface area contributed by atoms with Crippen molar-refractivity contribution in [1.82, 2.24) is 25.9 Å². The Morgan fingerprint density at radius 3 is 1.47 bits per heavy atom. The molecule has 0 radical (unpaired) electrons. The van der Waals surface area contributed by atoms with Gasteiger partial charge in [0.1, 0.15) is 29.6 Å². The number of H-pyrrole nitrogens is 2. The van der Waals surface area contributed by atoms with Gasteiger partial charge in [0.2, 0.25) is 17.7 Å². The van der Waals surface area contributed by atoms with Crippen LogP contribution in [0.2, 0.25) is 0 Å². The van der Waals surface area contributed by atoms with E-state index in [1.54, 1.807) is 36.7 Å². The van der Waals surface area contributed by atoms with Gasteiger partial charge in [-0.1, -0.05) is 60.7 Å². The van der Waals surface area contributed by atoms with Crippen LogP contribution in [0.15, 0.2) is 109 Å². The van der Waals surface area contributed by atoms with E-state index < -0.39 is 47.9 Å². The lowest BCUT2D eigenvalue weighted by atomic mass is 10.00. The number of hydrogen-bond donors (Lipinski definition) is 9. The molecule has 0 saturated heterocycles. The van der Waals surface area contributed by atoms with Crippen molar-refractivity contribution in [3.05, 3.63) is 132 Å². The van der Waals surface area contributed by atoms with Gasteiger partial charge in [0.05, 0.1) is 6.04 Å². The molecule has 4 unspecified atom stereocenters. The minimum atomic E-state index is -1.32. The second kappa shape index (κ2) is 16.2. The van der Waals surface area contributed by atoms with Crippen LogP contribution in [0.25, 0.3) is 21.8 Å². The maximum absolute atomic E-state index is 14.1. The average Bonchev–Trinajstić information content (AvgIpc) is 3.76. The number of aromatic hydroxyl groups is 2. The Morgan fingerprint density at radius 1 is 0.547 bits per heavy atom. The van der Waals surface area contributed by atoms with Crippen LogP contribution in [0.5, 0.6) is 11.5 Å². The van der Waals surface area contributed by atoms with Gasteiger partial charge in [0, 0.05) is 53.5 Å². The van der Waals surface area contributed by atoms with Crippen molar-refractivity contribution in [2.45, 2.75) is 49.9 Å². The third kappa shape index (κ3) is 9.01. The van der Waals surface area contributed by atoms with Gasteiger partial charge in [-0.2, -0.15) is 0 Å². The summed E-state index contributed by atoms with van der Waals surface area (Å²) >= 11 is 0. The summed E-state index contributed by atoms with van der Waals surface area (Å²) in [7, 11) is 0. The topological polar surface area (TPSA) is 223 Å². The number of para-hydroxylation sites is 2. The van der Waals surface area contributed by atoms with Crippen LogP contribution in [0.1, 0.15) is 22.3 Å². The van der Waals surface area contributed by atoms with Crippen molar-refractivity contribution in [1.29, 1.82) is 0 Å². The average molecular weight is 717 g/mol. The number of aliphatic carboxylic acids is 1. The number of fused-ring (bicyclic) bond motifs is 2. The zero-order valence-corrected chi connectivity index (χ0v) is 28.6. The number of phenols is 2. The first-order valence-electron chi connectivity index (χ1n) is 17.1. The molecule has 2 aromatic heterocycles. The van der Waals surface area contributed by atoms with E-state index in [1.165, 1.54) is 24.3 Å². The van der Waals surface area contributed by atoms with Gasteiger partial charge < -0.3 is 47.0 Å². The van der Waals surface area contributed by atoms with Crippen molar-refractivity contribution in [2.75, 3.05) is 0 Å². The molecule has 0 saturated carbocycles. The maximum atomic E-state index is 14.1. The zero-order chi connectivity index (χ0) is 37.5. The fourth-order valence-electron chi connectivity index (χ4n) is 6.33. The first kappa shape index (κ1) is 36.2. The van der Waals surface area contributed by atoms with Crippen LogP contribution in [-0.4, -0.2) is 73.1 Å². The number of nitrogens with one attached hydrogen (secondary N) is 5. The predicted molar refractivity (Wildman–Crippen MR) is 199 cm³/mol. The smallest absolute Gasteiger partial charge is 0.326 e. The Hall–Kier alpha value is -6.60. The first-order valence-corrected chi connectivity index (χ1v) is 17.1. The molecule has 10 N–H and O–H groups in total. The zero-order valence-electron chi connectivity index (χ0n) is 28.6. The minimum Gasteiger partial charge on any atom is -0.508 e. The van der Waals surface area contributed by atoms with E-state index in [0.29, 0.717) is 22.3 Å². The Bertz CT molecular complexity index is 2230. The monoisotopic (exact) mass is 716 g/mol. The summed E-state index contributed by atoms with van der Waals surface area (Å²) in [5.74, 6) is -3.22. The molecule has 0 bridgehead atoms. The molecule has 3 amide bonds. The second-order valence-electron chi connectivity index (χ2n) is 13.0. The highest BCUT2D eigenvalue weighted by Crippen LogP contribution is 2.22. The molecule has 4 aromatic carbocycles. The van der Waals surface area contributed by atoms with Crippen molar-refractivity contribution >= 4 is 45.5 Å². The number of phenolic OH excluding ortho intramolecular Hbond substituents is 2. The molecule has 4 atom stereocenters. The molecule has 272 valence electrons. The van der Waals surface area contributed by atoms with E-state index in [1.807, 2.05) is 48.5 Å². The Kier molecular flexibility index (Phi) is 11.0. The lowest BCUT2D eigenvalue weighted by Gasteiger charge is -2.25. The summed E-state index contributed by atoms with van der Waals surface area (Å²) in [6, 6.07) is 22.4. The van der Waals surface area contributed by atoms with Crippen LogP contribution in [0, 0.1) is 0 Å². The number of rotatable bonds is 15. The lowest BCUT2D eigenvalue weighted by Crippen LogP contribution is -2.58. The highest BCUT2D eigenvalue weighted by atomic mass is 16.4. The van der Waals surface area contributed by atoms with Crippen molar-refractivity contribution in [3.63, 3.8) is 0 Å². The van der Waals surface area contributed by atoms with Gasteiger partial charge in [-0.05, 0) is 65.1 Å². The molecular weight excluding hydrogens is 676 g/mol. The number of carboxylic acids is 1. The first-order chi connectivity index (χ1) is 25.5. The standard InChI is InChI=1S/C40H40N6O7/c41-31(17-23-9-13-27(47)14-10-23)37(49)44-34(18-24-11-15-28(48)16-12-24)38(50)45-35(19-25-21-42-32-7-3-1-5-29(25)32)39(51)46-36(40(52)53)20-26-22-43-33-8-4-2-6-30(26)33/h1-16,21-22,31,34-36,42-43,47-48H,17-20,41H2,(H,44,49)(H,45,50)(H,46,51)(H,52,53). The molecule has 13 heteroatoms. The van der Waals surface area contributed by atoms with Gasteiger partial charge in [-0.15, -0.1) is 0 Å². The largest absolute Gasteiger partial charge is 0.508 e. The molecular formula is C40H40N6O7. The highest BCUT2D eigenvalue weighted by Gasteiger charge is 2.32. The van der Waals surface area contributed by atoms with Crippen LogP contribution >= 0.6 is 0 Å². The number of carbonyl (C=O) groups excluding carboxylic acids is 3. The fraction of sp³-hybridized carbons (Fsp3) is 0.200. The van der Waals surface area contributed by atoms with E-state index in [-0.39, 0.29) is 37.2 Å². The van der Waals surface area contributed by atoms with E-state index in [4.69, 9.17) is 5.73 Å². The SMILES string of the molecule is NC(Cc1ccc(O)cc1)C(=O)NC(Cc1ccc(O)cc1)C(=O)NC(Cc1c[nH]c2ccccc12)C(=O)NC(Cc1c[nH]c2ccccc12)C(=O)O. The number of aromatic amines is 2. The third-order valence-electron chi connectivity index (χ3n) is 9.18. The van der Waals surface area contributed by atoms with E-state index in [2.05, 4.69) is 25.9 Å². The molecule has 6 rings (SSSR count). The molecule has 53 heavy (non-hydrogen) atoms. The van der Waals surface area contributed by atoms with Crippen LogP contribution in [0.4, 0.5) is 0 Å². The number of carboxylic acid groups (broad SMARTS) is 1. The molecule has 6 aromatic rings. The van der Waals surface area contributed by atoms with Gasteiger partial charge in [0.25, 0.3) is 0 Å². The third-order valence-corrected chi connectivity index (χ3v) is 9.18. The number of amides is 3. The Balaban J connectivity index is 1.25. The second-order valence-corrected chi connectivity index (χ2v) is 13.0. The summed E-state index contributed by atoms with van der Waals surface area (Å²) in [6.45, 7) is 0. The van der Waals surface area contributed by atoms with Gasteiger partial charge in [0.15, 0.2) is 0 Å². The van der Waals surface area contributed by atoms with Gasteiger partial charge in [-0.3, -0.25) is 14.4 Å². The van der Waals surface area contributed by atoms with Crippen LogP contribution in [-0.2, 0) is 44.9 Å². The summed E-state index contributed by atoms with van der Waals surface area (Å²) in [4.78, 5) is 60.4. The summed E-state index contributed by atoms with van der Waals surface area (Å²) < 4.78 is 0. The van der Waals surface area contributed by atoms with Crippen molar-refractivity contribution in [2.24, 2.45) is 5.73 Å². The quantitative estimate of drug-likeness (QED) is 0.0766. The Morgan fingerprint density at radius 2 is 0.962 bits per heavy atom. The fourth-order valence-corrected chi connectivity index (χ4v) is 6.33. The number of aromatic nitrogens is 2. The predicted octanol–water partition coefficient (Wildman–Crippen LogP) is 3.20. The summed E-state index contributed by atoms with van der Waals surface area (Å²) in [6.07, 6.45) is 3.54. The molecule has 13 nitrogen and oxygen atoms in total. The number of nitrogens with two attached hydrogens (primary N) is 1. The van der Waals surface area contributed by atoms with Crippen LogP contribution < -0.4 is 21.7 Å². The van der Waals surface area contributed by atoms with E-state index in [0.717, 1.165) is 21.8 Å². The van der Waals surface area contributed by atoms with Crippen LogP contribution in [0.3, 0.4) is 0 Å². The number of carbonyl (C=O) groups is 4. The van der Waals surface area contributed by atoms with Gasteiger partial charge in [-0.25, -0.2) is 4.79 Å². The molecule has 0 aliphatic rings. The summed E-state index contributed by atoms with van der Waals surface area (Å²) in [5.41, 5.74) is 10.6. The Labute approximate surface area is 304 Å². The molecule has 0 aliphatic carbocycles. The molecule has 0 spiro atoms. The molecule has 0 aliphatic heterocycles. The van der Waals surface area contributed by atoms with Gasteiger partial charge >= 0.3 is 5.97 Å². The molecule has 2 heterocycles. The normalized spacial score (nSPS) is 13.5. The van der Waals surface area contributed by atoms with E-state index in [9.17, 15) is 34.5 Å². The van der Waals surface area contributed by atoms with Crippen molar-refractivity contribution < 1.29 is 34.5 Å². The molecule has 0 fully saturated rings. The number of benzene rings is 4. The summed E-state index contributed by atoms with van der Waals surface area (Å²) in [5, 5.41) is 39.4. The number of hydrogen-bond acceptors (Lipinski definition) is 7.